The first kappa shape index (κ1) is 21.8. The summed E-state index contributed by atoms with van der Waals surface area (Å²) in [7, 11) is 1.53. The number of methoxy groups -OCH3 is 1. The lowest BCUT2D eigenvalue weighted by atomic mass is 10.2. The van der Waals surface area contributed by atoms with Crippen LogP contribution in [0.3, 0.4) is 0 Å². The van der Waals surface area contributed by atoms with Crippen LogP contribution in [-0.4, -0.2) is 32.3 Å². The van der Waals surface area contributed by atoms with Gasteiger partial charge in [0.25, 0.3) is 5.91 Å². The molecule has 3 aromatic rings. The quantitative estimate of drug-likeness (QED) is 0.506. The average Bonchev–Trinajstić information content (AvgIpc) is 3.30. The van der Waals surface area contributed by atoms with Crippen LogP contribution >= 0.6 is 0 Å². The zero-order valence-corrected chi connectivity index (χ0v) is 17.9. The number of carbonyl (C=O) groups excluding carboxylic acids is 2. The summed E-state index contributed by atoms with van der Waals surface area (Å²) in [5.41, 5.74) is 1.88. The van der Waals surface area contributed by atoms with Gasteiger partial charge >= 0.3 is 0 Å². The summed E-state index contributed by atoms with van der Waals surface area (Å²) >= 11 is 0. The molecular formula is C25H22N2O6. The molecule has 0 aliphatic carbocycles. The molecule has 0 saturated heterocycles. The number of rotatable bonds is 8. The second kappa shape index (κ2) is 10.2. The van der Waals surface area contributed by atoms with Crippen LogP contribution in [0, 0.1) is 0 Å². The van der Waals surface area contributed by atoms with Crippen molar-refractivity contribution in [1.29, 1.82) is 0 Å². The fraction of sp³-hybridized carbons (Fsp3) is 0.120. The van der Waals surface area contributed by atoms with E-state index in [1.807, 2.05) is 12.1 Å². The van der Waals surface area contributed by atoms with E-state index in [1.165, 1.54) is 13.2 Å². The van der Waals surface area contributed by atoms with E-state index >= 15 is 0 Å². The van der Waals surface area contributed by atoms with Gasteiger partial charge in [0.2, 0.25) is 12.7 Å². The van der Waals surface area contributed by atoms with Gasteiger partial charge in [-0.05, 0) is 54.1 Å². The summed E-state index contributed by atoms with van der Waals surface area (Å²) in [6, 6.07) is 19.4. The van der Waals surface area contributed by atoms with Crippen LogP contribution in [0.1, 0.15) is 5.56 Å². The normalized spacial score (nSPS) is 11.8. The molecule has 3 aromatic carbocycles. The third-order valence-corrected chi connectivity index (χ3v) is 4.67. The van der Waals surface area contributed by atoms with Crippen molar-refractivity contribution < 1.29 is 28.5 Å². The highest BCUT2D eigenvalue weighted by Crippen LogP contribution is 2.32. The highest BCUT2D eigenvalue weighted by atomic mass is 16.7. The molecule has 0 radical (unpaired) electrons. The number of anilines is 2. The molecule has 0 atom stereocenters. The Morgan fingerprint density at radius 2 is 1.67 bits per heavy atom. The molecule has 1 heterocycles. The van der Waals surface area contributed by atoms with E-state index in [9.17, 15) is 9.59 Å². The Bertz CT molecular complexity index is 1190. The van der Waals surface area contributed by atoms with E-state index in [1.54, 1.807) is 60.7 Å². The van der Waals surface area contributed by atoms with Crippen molar-refractivity contribution in [3.63, 3.8) is 0 Å². The van der Waals surface area contributed by atoms with Gasteiger partial charge in [0.1, 0.15) is 0 Å². The van der Waals surface area contributed by atoms with Crippen molar-refractivity contribution in [3.8, 4) is 23.0 Å². The minimum atomic E-state index is -0.341. The Hall–Kier alpha value is -4.46. The number of amides is 2. The van der Waals surface area contributed by atoms with Crippen molar-refractivity contribution in [2.24, 2.45) is 0 Å². The van der Waals surface area contributed by atoms with Gasteiger partial charge in [0.15, 0.2) is 29.6 Å². The number of nitrogens with one attached hydrogen (secondary N) is 2. The Kier molecular flexibility index (Phi) is 6.75. The van der Waals surface area contributed by atoms with Crippen LogP contribution in [0.15, 0.2) is 72.8 Å². The number of para-hydroxylation sites is 2. The lowest BCUT2D eigenvalue weighted by molar-refractivity contribution is -0.118. The maximum atomic E-state index is 12.3. The molecule has 8 nitrogen and oxygen atoms in total. The predicted molar refractivity (Wildman–Crippen MR) is 124 cm³/mol. The summed E-state index contributed by atoms with van der Waals surface area (Å²) in [4.78, 5) is 24.6. The molecule has 0 aromatic heterocycles. The Balaban J connectivity index is 1.30. The molecular weight excluding hydrogens is 424 g/mol. The summed E-state index contributed by atoms with van der Waals surface area (Å²) in [5, 5.41) is 5.52. The fourth-order valence-electron chi connectivity index (χ4n) is 3.13. The van der Waals surface area contributed by atoms with Gasteiger partial charge in [0, 0.05) is 17.5 Å². The van der Waals surface area contributed by atoms with Crippen LogP contribution < -0.4 is 29.6 Å². The first-order valence-electron chi connectivity index (χ1n) is 10.2. The van der Waals surface area contributed by atoms with E-state index in [0.29, 0.717) is 34.4 Å². The molecule has 1 aliphatic rings. The molecule has 2 N–H and O–H groups in total. The Morgan fingerprint density at radius 3 is 2.48 bits per heavy atom. The lowest BCUT2D eigenvalue weighted by Crippen LogP contribution is -2.20. The molecule has 0 saturated carbocycles. The molecule has 8 heteroatoms. The van der Waals surface area contributed by atoms with Crippen LogP contribution in [0.4, 0.5) is 11.4 Å². The second-order valence-corrected chi connectivity index (χ2v) is 7.00. The van der Waals surface area contributed by atoms with Gasteiger partial charge in [-0.2, -0.15) is 0 Å². The van der Waals surface area contributed by atoms with Gasteiger partial charge < -0.3 is 29.6 Å². The van der Waals surface area contributed by atoms with E-state index in [2.05, 4.69) is 10.6 Å². The lowest BCUT2D eigenvalue weighted by Gasteiger charge is -2.11. The third kappa shape index (κ3) is 5.82. The van der Waals surface area contributed by atoms with Crippen molar-refractivity contribution in [2.75, 3.05) is 31.1 Å². The SMILES string of the molecule is COc1ccccc1OCC(=O)Nc1cccc(NC(=O)C=Cc2ccc3c(c2)OCO3)c1. The van der Waals surface area contributed by atoms with Crippen molar-refractivity contribution in [2.45, 2.75) is 0 Å². The Morgan fingerprint density at radius 1 is 0.909 bits per heavy atom. The number of carbonyl (C=O) groups is 2. The third-order valence-electron chi connectivity index (χ3n) is 4.67. The molecule has 0 spiro atoms. The standard InChI is InChI=1S/C25H22N2O6/c1-30-20-7-2-3-8-21(20)31-15-25(29)27-19-6-4-5-18(14-19)26-24(28)12-10-17-9-11-22-23(13-17)33-16-32-22/h2-14H,15-16H2,1H3,(H,26,28)(H,27,29). The molecule has 0 unspecified atom stereocenters. The largest absolute Gasteiger partial charge is 0.493 e. The zero-order chi connectivity index (χ0) is 23.0. The smallest absolute Gasteiger partial charge is 0.262 e. The molecule has 168 valence electrons. The van der Waals surface area contributed by atoms with E-state index in [0.717, 1.165) is 5.56 Å². The summed E-state index contributed by atoms with van der Waals surface area (Å²) in [5.74, 6) is 1.71. The van der Waals surface area contributed by atoms with Gasteiger partial charge in [0.05, 0.1) is 7.11 Å². The number of benzene rings is 3. The topological polar surface area (TPSA) is 95.1 Å². The van der Waals surface area contributed by atoms with Crippen LogP contribution in [0.25, 0.3) is 6.08 Å². The maximum Gasteiger partial charge on any atom is 0.262 e. The maximum absolute atomic E-state index is 12.3. The van der Waals surface area contributed by atoms with E-state index in [4.69, 9.17) is 18.9 Å². The fourth-order valence-corrected chi connectivity index (χ4v) is 3.13. The monoisotopic (exact) mass is 446 g/mol. The highest BCUT2D eigenvalue weighted by molar-refractivity contribution is 6.02. The number of hydrogen-bond donors (Lipinski definition) is 2. The molecule has 2 amide bonds. The van der Waals surface area contributed by atoms with Crippen LogP contribution in [0.5, 0.6) is 23.0 Å². The van der Waals surface area contributed by atoms with Crippen LogP contribution in [0.2, 0.25) is 0 Å². The number of fused-ring (bicyclic) bond motifs is 1. The minimum absolute atomic E-state index is 0.185. The van der Waals surface area contributed by atoms with E-state index in [-0.39, 0.29) is 25.2 Å². The van der Waals surface area contributed by atoms with Gasteiger partial charge in [-0.3, -0.25) is 9.59 Å². The van der Waals surface area contributed by atoms with E-state index < -0.39 is 0 Å². The highest BCUT2D eigenvalue weighted by Gasteiger charge is 2.12. The number of hydrogen-bond acceptors (Lipinski definition) is 6. The molecule has 1 aliphatic heterocycles. The van der Waals surface area contributed by atoms with Crippen molar-refractivity contribution >= 4 is 29.3 Å². The molecule has 0 fully saturated rings. The second-order valence-electron chi connectivity index (χ2n) is 7.00. The molecule has 4 rings (SSSR count). The summed E-state index contributed by atoms with van der Waals surface area (Å²) < 4.78 is 21.3. The minimum Gasteiger partial charge on any atom is -0.493 e. The predicted octanol–water partition coefficient (Wildman–Crippen LogP) is 4.09. The van der Waals surface area contributed by atoms with Crippen molar-refractivity contribution in [3.05, 3.63) is 78.4 Å². The Labute approximate surface area is 190 Å². The first-order valence-corrected chi connectivity index (χ1v) is 10.2. The first-order chi connectivity index (χ1) is 16.1. The molecule has 33 heavy (non-hydrogen) atoms. The van der Waals surface area contributed by atoms with Crippen LogP contribution in [-0.2, 0) is 9.59 Å². The summed E-state index contributed by atoms with van der Waals surface area (Å²) in [6.45, 7) is 0.0116. The number of ether oxygens (including phenoxy) is 4. The van der Waals surface area contributed by atoms with Gasteiger partial charge in [-0.25, -0.2) is 0 Å². The molecule has 0 bridgehead atoms. The summed E-state index contributed by atoms with van der Waals surface area (Å²) in [6.07, 6.45) is 3.10. The zero-order valence-electron chi connectivity index (χ0n) is 17.9. The van der Waals surface area contributed by atoms with Gasteiger partial charge in [-0.1, -0.05) is 24.3 Å². The average molecular weight is 446 g/mol. The van der Waals surface area contributed by atoms with Gasteiger partial charge in [-0.15, -0.1) is 0 Å². The van der Waals surface area contributed by atoms with Crippen molar-refractivity contribution in [1.82, 2.24) is 0 Å².